The summed E-state index contributed by atoms with van der Waals surface area (Å²) in [7, 11) is 0. The van der Waals surface area contributed by atoms with Gasteiger partial charge in [0.2, 0.25) is 0 Å². The molecule has 0 aliphatic carbocycles. The van der Waals surface area contributed by atoms with Crippen LogP contribution in [0.25, 0.3) is 0 Å². The van der Waals surface area contributed by atoms with Gasteiger partial charge in [0.1, 0.15) is 5.82 Å². The van der Waals surface area contributed by atoms with Gasteiger partial charge in [-0.3, -0.25) is 0 Å². The van der Waals surface area contributed by atoms with E-state index in [0.29, 0.717) is 5.82 Å². The van der Waals surface area contributed by atoms with Crippen LogP contribution in [-0.4, -0.2) is 4.98 Å². The molecule has 0 saturated carbocycles. The molecule has 0 atom stereocenters. The van der Waals surface area contributed by atoms with Crippen molar-refractivity contribution >= 4 is 5.82 Å². The van der Waals surface area contributed by atoms with Crippen LogP contribution in [0.15, 0.2) is 12.1 Å². The summed E-state index contributed by atoms with van der Waals surface area (Å²) in [5, 5.41) is 0. The average Bonchev–Trinajstić information content (AvgIpc) is 1.99. The lowest BCUT2D eigenvalue weighted by molar-refractivity contribution is 0.553. The SMILES string of the molecule is CC(C)(C)c1cc(N)nc(C(C)(C)C)c1. The van der Waals surface area contributed by atoms with Crippen LogP contribution in [0.1, 0.15) is 52.8 Å². The summed E-state index contributed by atoms with van der Waals surface area (Å²) >= 11 is 0. The third-order valence-electron chi connectivity index (χ3n) is 2.48. The number of rotatable bonds is 0. The van der Waals surface area contributed by atoms with E-state index in [1.165, 1.54) is 5.56 Å². The minimum Gasteiger partial charge on any atom is -0.384 e. The van der Waals surface area contributed by atoms with E-state index >= 15 is 0 Å². The number of pyridine rings is 1. The van der Waals surface area contributed by atoms with Gasteiger partial charge in [-0.1, -0.05) is 41.5 Å². The Hall–Kier alpha value is -1.05. The molecule has 1 aromatic heterocycles. The molecular formula is C13H22N2. The molecule has 0 aliphatic rings. The average molecular weight is 206 g/mol. The van der Waals surface area contributed by atoms with Gasteiger partial charge < -0.3 is 5.73 Å². The third-order valence-corrected chi connectivity index (χ3v) is 2.48. The summed E-state index contributed by atoms with van der Waals surface area (Å²) in [6, 6.07) is 4.13. The second kappa shape index (κ2) is 3.51. The van der Waals surface area contributed by atoms with Crippen LogP contribution in [-0.2, 0) is 10.8 Å². The normalized spacial score (nSPS) is 12.9. The number of hydrogen-bond acceptors (Lipinski definition) is 2. The molecule has 0 radical (unpaired) electrons. The van der Waals surface area contributed by atoms with E-state index in [2.05, 4.69) is 52.6 Å². The van der Waals surface area contributed by atoms with Crippen LogP contribution in [0, 0.1) is 0 Å². The Morgan fingerprint density at radius 3 is 1.87 bits per heavy atom. The first-order chi connectivity index (χ1) is 6.60. The maximum atomic E-state index is 5.84. The first-order valence-electron chi connectivity index (χ1n) is 5.39. The summed E-state index contributed by atoms with van der Waals surface area (Å²) in [6.07, 6.45) is 0. The second-order valence-corrected chi connectivity index (χ2v) is 6.17. The Morgan fingerprint density at radius 1 is 0.933 bits per heavy atom. The van der Waals surface area contributed by atoms with Crippen molar-refractivity contribution in [2.24, 2.45) is 0 Å². The van der Waals surface area contributed by atoms with E-state index in [-0.39, 0.29) is 10.8 Å². The maximum absolute atomic E-state index is 5.84. The monoisotopic (exact) mass is 206 g/mol. The largest absolute Gasteiger partial charge is 0.384 e. The third kappa shape index (κ3) is 2.95. The molecule has 0 unspecified atom stereocenters. The molecule has 1 rings (SSSR count). The number of nitrogens with zero attached hydrogens (tertiary/aromatic N) is 1. The fourth-order valence-corrected chi connectivity index (χ4v) is 1.37. The second-order valence-electron chi connectivity index (χ2n) is 6.17. The van der Waals surface area contributed by atoms with E-state index in [4.69, 9.17) is 5.73 Å². The standard InChI is InChI=1S/C13H22N2/c1-12(2,3)9-7-10(13(4,5)6)15-11(14)8-9/h7-8H,1-6H3,(H2,14,15). The Bertz CT molecular complexity index is 322. The first-order valence-corrected chi connectivity index (χ1v) is 5.39. The van der Waals surface area contributed by atoms with Crippen LogP contribution < -0.4 is 5.73 Å². The van der Waals surface area contributed by atoms with Crippen molar-refractivity contribution in [2.45, 2.75) is 52.4 Å². The molecule has 2 nitrogen and oxygen atoms in total. The Kier molecular flexibility index (Phi) is 2.81. The van der Waals surface area contributed by atoms with Gasteiger partial charge in [-0.05, 0) is 23.1 Å². The highest BCUT2D eigenvalue weighted by Crippen LogP contribution is 2.28. The molecule has 0 saturated heterocycles. The van der Waals surface area contributed by atoms with Gasteiger partial charge in [0.15, 0.2) is 0 Å². The Balaban J connectivity index is 3.30. The van der Waals surface area contributed by atoms with Gasteiger partial charge in [-0.2, -0.15) is 0 Å². The number of anilines is 1. The van der Waals surface area contributed by atoms with Gasteiger partial charge >= 0.3 is 0 Å². The lowest BCUT2D eigenvalue weighted by Crippen LogP contribution is -2.18. The van der Waals surface area contributed by atoms with E-state index < -0.39 is 0 Å². The van der Waals surface area contributed by atoms with Crippen LogP contribution in [0.3, 0.4) is 0 Å². The van der Waals surface area contributed by atoms with E-state index in [9.17, 15) is 0 Å². The molecular weight excluding hydrogens is 184 g/mol. The molecule has 1 aromatic rings. The van der Waals surface area contributed by atoms with Crippen LogP contribution >= 0.6 is 0 Å². The van der Waals surface area contributed by atoms with E-state index in [1.54, 1.807) is 0 Å². The minimum atomic E-state index is 0.0510. The van der Waals surface area contributed by atoms with Gasteiger partial charge in [0.25, 0.3) is 0 Å². The number of nitrogens with two attached hydrogens (primary N) is 1. The topological polar surface area (TPSA) is 38.9 Å². The molecule has 0 aromatic carbocycles. The highest BCUT2D eigenvalue weighted by Gasteiger charge is 2.20. The van der Waals surface area contributed by atoms with Gasteiger partial charge in [0, 0.05) is 11.1 Å². The molecule has 0 aliphatic heterocycles. The predicted molar refractivity (Wildman–Crippen MR) is 66.0 cm³/mol. The van der Waals surface area contributed by atoms with Gasteiger partial charge in [-0.15, -0.1) is 0 Å². The van der Waals surface area contributed by atoms with E-state index in [0.717, 1.165) is 5.69 Å². The maximum Gasteiger partial charge on any atom is 0.123 e. The van der Waals surface area contributed by atoms with Crippen molar-refractivity contribution < 1.29 is 0 Å². The summed E-state index contributed by atoms with van der Waals surface area (Å²) in [6.45, 7) is 13.0. The summed E-state index contributed by atoms with van der Waals surface area (Å²) < 4.78 is 0. The minimum absolute atomic E-state index is 0.0510. The molecule has 2 heteroatoms. The summed E-state index contributed by atoms with van der Waals surface area (Å²) in [5.74, 6) is 0.618. The van der Waals surface area contributed by atoms with Crippen molar-refractivity contribution in [1.29, 1.82) is 0 Å². The van der Waals surface area contributed by atoms with Gasteiger partial charge in [-0.25, -0.2) is 4.98 Å². The lowest BCUT2D eigenvalue weighted by atomic mass is 9.83. The number of hydrogen-bond donors (Lipinski definition) is 1. The van der Waals surface area contributed by atoms with Crippen molar-refractivity contribution in [3.63, 3.8) is 0 Å². The molecule has 1 heterocycles. The van der Waals surface area contributed by atoms with Crippen molar-refractivity contribution in [3.05, 3.63) is 23.4 Å². The number of aromatic nitrogens is 1. The van der Waals surface area contributed by atoms with Gasteiger partial charge in [0.05, 0.1) is 0 Å². The molecule has 0 amide bonds. The smallest absolute Gasteiger partial charge is 0.123 e. The van der Waals surface area contributed by atoms with Crippen molar-refractivity contribution in [1.82, 2.24) is 4.98 Å². The predicted octanol–water partition coefficient (Wildman–Crippen LogP) is 3.26. The van der Waals surface area contributed by atoms with E-state index in [1.807, 2.05) is 6.07 Å². The zero-order chi connectivity index (χ0) is 11.9. The van der Waals surface area contributed by atoms with Crippen LogP contribution in [0.2, 0.25) is 0 Å². The summed E-state index contributed by atoms with van der Waals surface area (Å²) in [5.41, 5.74) is 8.33. The zero-order valence-corrected chi connectivity index (χ0v) is 10.7. The van der Waals surface area contributed by atoms with Crippen LogP contribution in [0.4, 0.5) is 5.82 Å². The lowest BCUT2D eigenvalue weighted by Gasteiger charge is -2.24. The molecule has 0 bridgehead atoms. The number of nitrogen functional groups attached to an aromatic ring is 1. The van der Waals surface area contributed by atoms with Crippen molar-refractivity contribution in [2.75, 3.05) is 5.73 Å². The van der Waals surface area contributed by atoms with Crippen LogP contribution in [0.5, 0.6) is 0 Å². The highest BCUT2D eigenvalue weighted by atomic mass is 14.8. The van der Waals surface area contributed by atoms with Crippen molar-refractivity contribution in [3.8, 4) is 0 Å². The fraction of sp³-hybridized carbons (Fsp3) is 0.615. The summed E-state index contributed by atoms with van der Waals surface area (Å²) in [4.78, 5) is 4.40. The quantitative estimate of drug-likeness (QED) is 0.707. The zero-order valence-electron chi connectivity index (χ0n) is 10.7. The highest BCUT2D eigenvalue weighted by molar-refractivity contribution is 5.39. The molecule has 84 valence electrons. The fourth-order valence-electron chi connectivity index (χ4n) is 1.37. The Labute approximate surface area is 92.9 Å². The first kappa shape index (κ1) is 12.0. The molecule has 15 heavy (non-hydrogen) atoms. The molecule has 2 N–H and O–H groups in total. The molecule has 0 fully saturated rings. The Morgan fingerprint density at radius 2 is 1.47 bits per heavy atom. The molecule has 0 spiro atoms.